The van der Waals surface area contributed by atoms with Gasteiger partial charge in [0, 0.05) is 4.47 Å². The molecular formula is C13H9BrO3. The van der Waals surface area contributed by atoms with Crippen LogP contribution in [0, 0.1) is 0 Å². The SMILES string of the molecule is O=C(Oc1ccccc1O)c1ccc(Br)cc1. The van der Waals surface area contributed by atoms with Crippen LogP contribution in [0.25, 0.3) is 0 Å². The minimum absolute atomic E-state index is 0.0574. The summed E-state index contributed by atoms with van der Waals surface area (Å²) in [5, 5.41) is 9.47. The number of carbonyl (C=O) groups excluding carboxylic acids is 1. The predicted octanol–water partition coefficient (Wildman–Crippen LogP) is 3.37. The monoisotopic (exact) mass is 292 g/mol. The van der Waals surface area contributed by atoms with Gasteiger partial charge in [-0.05, 0) is 36.4 Å². The Morgan fingerprint density at radius 2 is 1.71 bits per heavy atom. The average Bonchev–Trinajstić information content (AvgIpc) is 2.33. The molecule has 0 amide bonds. The van der Waals surface area contributed by atoms with Crippen molar-refractivity contribution in [3.05, 3.63) is 58.6 Å². The molecule has 0 saturated heterocycles. The van der Waals surface area contributed by atoms with E-state index < -0.39 is 5.97 Å². The third-order valence-corrected chi connectivity index (χ3v) is 2.68. The summed E-state index contributed by atoms with van der Waals surface area (Å²) < 4.78 is 5.95. The van der Waals surface area contributed by atoms with Gasteiger partial charge >= 0.3 is 5.97 Å². The van der Waals surface area contributed by atoms with E-state index in [1.54, 1.807) is 36.4 Å². The summed E-state index contributed by atoms with van der Waals surface area (Å²) in [6.45, 7) is 0. The molecule has 1 N–H and O–H groups in total. The van der Waals surface area contributed by atoms with Gasteiger partial charge in [-0.1, -0.05) is 28.1 Å². The Balaban J connectivity index is 2.17. The van der Waals surface area contributed by atoms with E-state index in [1.807, 2.05) is 0 Å². The molecular weight excluding hydrogens is 284 g/mol. The molecule has 0 fully saturated rings. The van der Waals surface area contributed by atoms with Crippen LogP contribution in [0.4, 0.5) is 0 Å². The molecule has 2 aromatic carbocycles. The number of phenolic OH excluding ortho intramolecular Hbond substituents is 1. The van der Waals surface area contributed by atoms with Crippen LogP contribution in [0.2, 0.25) is 0 Å². The van der Waals surface area contributed by atoms with E-state index in [2.05, 4.69) is 15.9 Å². The van der Waals surface area contributed by atoms with Gasteiger partial charge in [0.15, 0.2) is 11.5 Å². The number of aromatic hydroxyl groups is 1. The highest BCUT2D eigenvalue weighted by Gasteiger charge is 2.10. The van der Waals surface area contributed by atoms with Crippen molar-refractivity contribution in [1.82, 2.24) is 0 Å². The number of para-hydroxylation sites is 2. The standard InChI is InChI=1S/C13H9BrO3/c14-10-7-5-9(6-8-10)13(16)17-12-4-2-1-3-11(12)15/h1-8,15H. The Kier molecular flexibility index (Phi) is 3.44. The molecule has 0 radical (unpaired) electrons. The minimum atomic E-state index is -0.501. The van der Waals surface area contributed by atoms with Crippen LogP contribution in [-0.2, 0) is 0 Å². The highest BCUT2D eigenvalue weighted by molar-refractivity contribution is 9.10. The van der Waals surface area contributed by atoms with Crippen molar-refractivity contribution in [1.29, 1.82) is 0 Å². The van der Waals surface area contributed by atoms with Gasteiger partial charge in [0.25, 0.3) is 0 Å². The summed E-state index contributed by atoms with van der Waals surface area (Å²) in [5.74, 6) is -0.405. The lowest BCUT2D eigenvalue weighted by Gasteiger charge is -2.05. The topological polar surface area (TPSA) is 46.5 Å². The number of carbonyl (C=O) groups is 1. The highest BCUT2D eigenvalue weighted by atomic mass is 79.9. The van der Waals surface area contributed by atoms with Crippen LogP contribution in [0.15, 0.2) is 53.0 Å². The van der Waals surface area contributed by atoms with Crippen LogP contribution in [0.1, 0.15) is 10.4 Å². The fourth-order valence-corrected chi connectivity index (χ4v) is 1.55. The summed E-state index contributed by atoms with van der Waals surface area (Å²) in [6, 6.07) is 13.1. The number of phenols is 1. The van der Waals surface area contributed by atoms with Crippen molar-refractivity contribution in [3.63, 3.8) is 0 Å². The molecule has 86 valence electrons. The van der Waals surface area contributed by atoms with E-state index in [9.17, 15) is 9.90 Å². The molecule has 0 aliphatic carbocycles. The first-order valence-corrected chi connectivity index (χ1v) is 5.72. The van der Waals surface area contributed by atoms with Gasteiger partial charge in [0.05, 0.1) is 5.56 Å². The second-order valence-corrected chi connectivity index (χ2v) is 4.28. The third kappa shape index (κ3) is 2.85. The summed E-state index contributed by atoms with van der Waals surface area (Å²) in [5.41, 5.74) is 0.427. The first-order chi connectivity index (χ1) is 8.16. The molecule has 0 atom stereocenters. The molecule has 0 heterocycles. The molecule has 0 saturated carbocycles. The lowest BCUT2D eigenvalue weighted by Crippen LogP contribution is -2.08. The number of rotatable bonds is 2. The molecule has 0 aromatic heterocycles. The lowest BCUT2D eigenvalue weighted by molar-refractivity contribution is 0.0729. The Hall–Kier alpha value is -1.81. The Labute approximate surface area is 107 Å². The minimum Gasteiger partial charge on any atom is -0.504 e. The van der Waals surface area contributed by atoms with Gasteiger partial charge < -0.3 is 9.84 Å². The predicted molar refractivity (Wildman–Crippen MR) is 67.2 cm³/mol. The molecule has 2 aromatic rings. The van der Waals surface area contributed by atoms with Crippen molar-refractivity contribution in [2.24, 2.45) is 0 Å². The Morgan fingerprint density at radius 3 is 2.35 bits per heavy atom. The van der Waals surface area contributed by atoms with Gasteiger partial charge in [-0.15, -0.1) is 0 Å². The largest absolute Gasteiger partial charge is 0.504 e. The van der Waals surface area contributed by atoms with Crippen molar-refractivity contribution < 1.29 is 14.6 Å². The van der Waals surface area contributed by atoms with E-state index in [1.165, 1.54) is 12.1 Å². The lowest BCUT2D eigenvalue weighted by atomic mass is 10.2. The molecule has 0 spiro atoms. The fraction of sp³-hybridized carbons (Fsp3) is 0. The smallest absolute Gasteiger partial charge is 0.343 e. The van der Waals surface area contributed by atoms with E-state index in [-0.39, 0.29) is 11.5 Å². The molecule has 4 heteroatoms. The van der Waals surface area contributed by atoms with Gasteiger partial charge in [0.2, 0.25) is 0 Å². The normalized spacial score (nSPS) is 9.94. The first-order valence-electron chi connectivity index (χ1n) is 4.92. The summed E-state index contributed by atoms with van der Waals surface area (Å²) in [6.07, 6.45) is 0. The van der Waals surface area contributed by atoms with Crippen LogP contribution >= 0.6 is 15.9 Å². The zero-order valence-corrected chi connectivity index (χ0v) is 10.3. The Morgan fingerprint density at radius 1 is 1.06 bits per heavy atom. The van der Waals surface area contributed by atoms with Gasteiger partial charge in [0.1, 0.15) is 0 Å². The number of hydrogen-bond acceptors (Lipinski definition) is 3. The number of halogens is 1. The second kappa shape index (κ2) is 5.01. The second-order valence-electron chi connectivity index (χ2n) is 3.36. The van der Waals surface area contributed by atoms with Gasteiger partial charge in [-0.3, -0.25) is 0 Å². The first kappa shape index (κ1) is 11.7. The molecule has 0 unspecified atom stereocenters. The Bertz CT molecular complexity index is 535. The zero-order valence-electron chi connectivity index (χ0n) is 8.76. The molecule has 17 heavy (non-hydrogen) atoms. The molecule has 0 aliphatic heterocycles. The summed E-state index contributed by atoms with van der Waals surface area (Å²) >= 11 is 3.28. The number of benzene rings is 2. The van der Waals surface area contributed by atoms with Crippen LogP contribution < -0.4 is 4.74 Å². The van der Waals surface area contributed by atoms with Crippen molar-refractivity contribution in [2.75, 3.05) is 0 Å². The summed E-state index contributed by atoms with van der Waals surface area (Å²) in [7, 11) is 0. The van der Waals surface area contributed by atoms with E-state index in [4.69, 9.17) is 4.74 Å². The average molecular weight is 293 g/mol. The number of hydrogen-bond donors (Lipinski definition) is 1. The van der Waals surface area contributed by atoms with Crippen LogP contribution in [0.3, 0.4) is 0 Å². The third-order valence-electron chi connectivity index (χ3n) is 2.15. The quantitative estimate of drug-likeness (QED) is 0.682. The molecule has 3 nitrogen and oxygen atoms in total. The van der Waals surface area contributed by atoms with Gasteiger partial charge in [-0.2, -0.15) is 0 Å². The van der Waals surface area contributed by atoms with E-state index >= 15 is 0 Å². The van der Waals surface area contributed by atoms with Crippen molar-refractivity contribution in [2.45, 2.75) is 0 Å². The fourth-order valence-electron chi connectivity index (χ4n) is 1.29. The molecule has 2 rings (SSSR count). The van der Waals surface area contributed by atoms with Crippen LogP contribution in [-0.4, -0.2) is 11.1 Å². The maximum atomic E-state index is 11.7. The van der Waals surface area contributed by atoms with E-state index in [0.29, 0.717) is 5.56 Å². The summed E-state index contributed by atoms with van der Waals surface area (Å²) in [4.78, 5) is 11.7. The molecule has 0 aliphatic rings. The zero-order chi connectivity index (χ0) is 12.3. The number of ether oxygens (including phenoxy) is 1. The maximum absolute atomic E-state index is 11.7. The van der Waals surface area contributed by atoms with E-state index in [0.717, 1.165) is 4.47 Å². The van der Waals surface area contributed by atoms with Crippen LogP contribution in [0.5, 0.6) is 11.5 Å². The van der Waals surface area contributed by atoms with Crippen molar-refractivity contribution in [3.8, 4) is 11.5 Å². The van der Waals surface area contributed by atoms with Gasteiger partial charge in [-0.25, -0.2) is 4.79 Å². The van der Waals surface area contributed by atoms with Crippen molar-refractivity contribution >= 4 is 21.9 Å². The maximum Gasteiger partial charge on any atom is 0.343 e. The number of esters is 1. The molecule has 0 bridgehead atoms. The highest BCUT2D eigenvalue weighted by Crippen LogP contribution is 2.25.